The summed E-state index contributed by atoms with van der Waals surface area (Å²) in [5, 5.41) is 2.67. The Bertz CT molecular complexity index is 459. The molecule has 0 aromatic carbocycles. The second-order valence-corrected chi connectivity index (χ2v) is 7.52. The molecule has 3 atom stereocenters. The zero-order chi connectivity index (χ0) is 16.3. The summed E-state index contributed by atoms with van der Waals surface area (Å²) in [6.45, 7) is 8.10. The molecule has 1 saturated carbocycles. The molecule has 124 valence electrons. The van der Waals surface area contributed by atoms with Gasteiger partial charge in [0.1, 0.15) is 0 Å². The van der Waals surface area contributed by atoms with Crippen LogP contribution < -0.4 is 11.1 Å². The molecular formula is C17H29N3O2. The Morgan fingerprint density at radius 3 is 2.68 bits per heavy atom. The van der Waals surface area contributed by atoms with Crippen LogP contribution in [0.4, 0.5) is 4.79 Å². The van der Waals surface area contributed by atoms with E-state index in [0.717, 1.165) is 6.42 Å². The number of nitrogens with zero attached hydrogens (tertiary/aromatic N) is 1. The van der Waals surface area contributed by atoms with Crippen molar-refractivity contribution in [2.45, 2.75) is 52.5 Å². The van der Waals surface area contributed by atoms with E-state index >= 15 is 0 Å². The molecule has 5 nitrogen and oxygen atoms in total. The van der Waals surface area contributed by atoms with Crippen molar-refractivity contribution in [1.82, 2.24) is 10.2 Å². The Balaban J connectivity index is 1.92. The summed E-state index contributed by atoms with van der Waals surface area (Å²) in [6, 6.07) is -0.535. The van der Waals surface area contributed by atoms with Gasteiger partial charge in [0.15, 0.2) is 0 Å². The maximum Gasteiger partial charge on any atom is 0.312 e. The van der Waals surface area contributed by atoms with Crippen LogP contribution in [0.3, 0.4) is 0 Å². The number of hydrogen-bond acceptors (Lipinski definition) is 2. The summed E-state index contributed by atoms with van der Waals surface area (Å²) >= 11 is 0. The molecule has 2 aliphatic rings. The smallest absolute Gasteiger partial charge is 0.312 e. The van der Waals surface area contributed by atoms with Crippen LogP contribution in [0.5, 0.6) is 0 Å². The number of likely N-dealkylation sites (tertiary alicyclic amines) is 1. The number of allylic oxidation sites excluding steroid dienone is 1. The van der Waals surface area contributed by atoms with Crippen molar-refractivity contribution in [2.75, 3.05) is 13.1 Å². The molecule has 1 saturated heterocycles. The van der Waals surface area contributed by atoms with Crippen LogP contribution in [0, 0.1) is 17.3 Å². The molecule has 0 radical (unpaired) electrons. The third-order valence-corrected chi connectivity index (χ3v) is 5.29. The molecule has 1 aliphatic carbocycles. The van der Waals surface area contributed by atoms with Crippen LogP contribution in [-0.4, -0.2) is 36.0 Å². The predicted octanol–water partition coefficient (Wildman–Crippen LogP) is 2.27. The van der Waals surface area contributed by atoms with Crippen molar-refractivity contribution < 1.29 is 9.59 Å². The molecule has 22 heavy (non-hydrogen) atoms. The first kappa shape index (κ1) is 16.8. The van der Waals surface area contributed by atoms with Crippen LogP contribution in [0.25, 0.3) is 0 Å². The van der Waals surface area contributed by atoms with E-state index in [1.165, 1.54) is 19.3 Å². The second-order valence-electron chi connectivity index (χ2n) is 7.52. The van der Waals surface area contributed by atoms with E-state index in [4.69, 9.17) is 5.73 Å². The molecule has 3 unspecified atom stereocenters. The fraction of sp³-hybridized carbons (Fsp3) is 0.765. The van der Waals surface area contributed by atoms with Gasteiger partial charge in [0.25, 0.3) is 0 Å². The maximum atomic E-state index is 12.3. The topological polar surface area (TPSA) is 75.4 Å². The fourth-order valence-corrected chi connectivity index (χ4v) is 4.02. The van der Waals surface area contributed by atoms with Gasteiger partial charge in [0.2, 0.25) is 5.91 Å². The Kier molecular flexibility index (Phi) is 5.14. The van der Waals surface area contributed by atoms with Crippen LogP contribution >= 0.6 is 0 Å². The van der Waals surface area contributed by atoms with E-state index in [1.807, 2.05) is 0 Å². The van der Waals surface area contributed by atoms with Crippen molar-refractivity contribution >= 4 is 11.9 Å². The van der Waals surface area contributed by atoms with Gasteiger partial charge in [-0.05, 0) is 36.2 Å². The summed E-state index contributed by atoms with van der Waals surface area (Å²) in [4.78, 5) is 25.0. The molecule has 0 aromatic rings. The number of urea groups is 1. The molecule has 3 amide bonds. The SMILES string of the molecule is CC1CCCC(C)(C)C1C=CC(=O)N1CCC(NC(N)=O)C1. The van der Waals surface area contributed by atoms with Crippen LogP contribution in [-0.2, 0) is 4.79 Å². The Morgan fingerprint density at radius 1 is 1.32 bits per heavy atom. The van der Waals surface area contributed by atoms with Gasteiger partial charge in [-0.1, -0.05) is 39.7 Å². The molecule has 0 aromatic heterocycles. The first-order chi connectivity index (χ1) is 10.3. The number of primary amides is 1. The van der Waals surface area contributed by atoms with E-state index in [1.54, 1.807) is 11.0 Å². The molecular weight excluding hydrogens is 278 g/mol. The first-order valence-corrected chi connectivity index (χ1v) is 8.32. The highest BCUT2D eigenvalue weighted by Crippen LogP contribution is 2.44. The first-order valence-electron chi connectivity index (χ1n) is 8.32. The number of amides is 3. The molecule has 0 spiro atoms. The monoisotopic (exact) mass is 307 g/mol. The van der Waals surface area contributed by atoms with Crippen LogP contribution in [0.2, 0.25) is 0 Å². The maximum absolute atomic E-state index is 12.3. The Labute approximate surface area is 133 Å². The van der Waals surface area contributed by atoms with Crippen molar-refractivity contribution in [2.24, 2.45) is 23.0 Å². The number of nitrogens with two attached hydrogens (primary N) is 1. The average molecular weight is 307 g/mol. The lowest BCUT2D eigenvalue weighted by atomic mass is 9.64. The minimum Gasteiger partial charge on any atom is -0.352 e. The summed E-state index contributed by atoms with van der Waals surface area (Å²) in [7, 11) is 0. The minimum atomic E-state index is -0.521. The number of carbonyl (C=O) groups is 2. The van der Waals surface area contributed by atoms with Crippen molar-refractivity contribution in [3.63, 3.8) is 0 Å². The summed E-state index contributed by atoms with van der Waals surface area (Å²) in [6.07, 6.45) is 8.35. The highest BCUT2D eigenvalue weighted by atomic mass is 16.2. The van der Waals surface area contributed by atoms with Gasteiger partial charge >= 0.3 is 6.03 Å². The van der Waals surface area contributed by atoms with Gasteiger partial charge in [0, 0.05) is 19.1 Å². The van der Waals surface area contributed by atoms with E-state index in [2.05, 4.69) is 32.2 Å². The highest BCUT2D eigenvalue weighted by Gasteiger charge is 2.35. The molecule has 5 heteroatoms. The fourth-order valence-electron chi connectivity index (χ4n) is 4.02. The van der Waals surface area contributed by atoms with Crippen LogP contribution in [0.1, 0.15) is 46.5 Å². The quantitative estimate of drug-likeness (QED) is 0.785. The Hall–Kier alpha value is -1.52. The Morgan fingerprint density at radius 2 is 2.05 bits per heavy atom. The van der Waals surface area contributed by atoms with Gasteiger partial charge in [0.05, 0.1) is 0 Å². The molecule has 2 rings (SSSR count). The molecule has 1 aliphatic heterocycles. The normalized spacial score (nSPS) is 31.4. The van der Waals surface area contributed by atoms with Gasteiger partial charge in [-0.15, -0.1) is 0 Å². The van der Waals surface area contributed by atoms with E-state index in [0.29, 0.717) is 24.9 Å². The lowest BCUT2D eigenvalue weighted by Crippen LogP contribution is -2.41. The lowest BCUT2D eigenvalue weighted by Gasteiger charge is -2.41. The van der Waals surface area contributed by atoms with Crippen LogP contribution in [0.15, 0.2) is 12.2 Å². The second kappa shape index (κ2) is 6.71. The zero-order valence-corrected chi connectivity index (χ0v) is 14.0. The molecule has 1 heterocycles. The largest absolute Gasteiger partial charge is 0.352 e. The van der Waals surface area contributed by atoms with Gasteiger partial charge < -0.3 is 16.0 Å². The molecule has 2 fully saturated rings. The van der Waals surface area contributed by atoms with Crippen molar-refractivity contribution in [3.05, 3.63) is 12.2 Å². The minimum absolute atomic E-state index is 0.0140. The van der Waals surface area contributed by atoms with E-state index < -0.39 is 6.03 Å². The van der Waals surface area contributed by atoms with Gasteiger partial charge in [-0.2, -0.15) is 0 Å². The number of hydrogen-bond donors (Lipinski definition) is 2. The predicted molar refractivity (Wildman–Crippen MR) is 87.1 cm³/mol. The van der Waals surface area contributed by atoms with E-state index in [9.17, 15) is 9.59 Å². The van der Waals surface area contributed by atoms with Crippen molar-refractivity contribution in [1.29, 1.82) is 0 Å². The molecule has 0 bridgehead atoms. The zero-order valence-electron chi connectivity index (χ0n) is 14.0. The summed E-state index contributed by atoms with van der Waals surface area (Å²) < 4.78 is 0. The van der Waals surface area contributed by atoms with Gasteiger partial charge in [-0.3, -0.25) is 4.79 Å². The number of carbonyl (C=O) groups excluding carboxylic acids is 2. The van der Waals surface area contributed by atoms with Crippen molar-refractivity contribution in [3.8, 4) is 0 Å². The molecule has 3 N–H and O–H groups in total. The summed E-state index contributed by atoms with van der Waals surface area (Å²) in [5.41, 5.74) is 5.39. The standard InChI is InChI=1S/C17H29N3O2/c1-12-5-4-9-17(2,3)14(12)6-7-15(21)20-10-8-13(11-20)19-16(18)22/h6-7,12-14H,4-5,8-11H2,1-3H3,(H3,18,19,22). The number of nitrogens with one attached hydrogen (secondary N) is 1. The number of rotatable bonds is 3. The highest BCUT2D eigenvalue weighted by molar-refractivity contribution is 5.88. The van der Waals surface area contributed by atoms with E-state index in [-0.39, 0.29) is 17.4 Å². The summed E-state index contributed by atoms with van der Waals surface area (Å²) in [5.74, 6) is 1.12. The average Bonchev–Trinajstić information content (AvgIpc) is 2.84. The third kappa shape index (κ3) is 4.02. The van der Waals surface area contributed by atoms with Gasteiger partial charge in [-0.25, -0.2) is 4.79 Å². The third-order valence-electron chi connectivity index (χ3n) is 5.29. The lowest BCUT2D eigenvalue weighted by molar-refractivity contribution is -0.125.